The van der Waals surface area contributed by atoms with Gasteiger partial charge in [0, 0.05) is 75.9 Å². The van der Waals surface area contributed by atoms with Crippen molar-refractivity contribution in [3.63, 3.8) is 0 Å². The third-order valence-corrected chi connectivity index (χ3v) is 7.92. The van der Waals surface area contributed by atoms with Crippen LogP contribution in [-0.4, -0.2) is 86.1 Å². The standard InChI is InChI=1S/C28H40N6O5/c1-5-21-15-27(33(35)36)23(17-25(21)31-11-7-29(3)8-12-31)19-39-20-24-18-26(32-13-9-30(4)10-14-32)22(6-2)16-28(24)34(37)38/h15-18H,5-14,19-20H2,1-4H3. The Balaban J connectivity index is 1.59. The number of nitro groups is 2. The molecule has 2 fully saturated rings. The zero-order chi connectivity index (χ0) is 28.1. The molecule has 212 valence electrons. The number of aryl methyl sites for hydroxylation is 2. The summed E-state index contributed by atoms with van der Waals surface area (Å²) in [6, 6.07) is 7.09. The highest BCUT2D eigenvalue weighted by molar-refractivity contribution is 5.63. The van der Waals surface area contributed by atoms with Gasteiger partial charge in [-0.1, -0.05) is 13.8 Å². The number of nitrogens with zero attached hydrogens (tertiary/aromatic N) is 6. The van der Waals surface area contributed by atoms with E-state index in [-0.39, 0.29) is 34.4 Å². The Bertz CT molecular complexity index is 1100. The fourth-order valence-corrected chi connectivity index (χ4v) is 5.42. The monoisotopic (exact) mass is 540 g/mol. The molecule has 2 aliphatic heterocycles. The minimum Gasteiger partial charge on any atom is -0.372 e. The van der Waals surface area contributed by atoms with Crippen molar-refractivity contribution in [2.75, 3.05) is 76.3 Å². The molecule has 11 nitrogen and oxygen atoms in total. The van der Waals surface area contributed by atoms with Crippen molar-refractivity contribution < 1.29 is 14.6 Å². The van der Waals surface area contributed by atoms with E-state index in [1.165, 1.54) is 0 Å². The lowest BCUT2D eigenvalue weighted by Crippen LogP contribution is -2.44. The predicted molar refractivity (Wildman–Crippen MR) is 153 cm³/mol. The molecule has 2 heterocycles. The molecule has 4 rings (SSSR count). The van der Waals surface area contributed by atoms with Crippen LogP contribution in [0.1, 0.15) is 36.1 Å². The molecule has 2 aliphatic rings. The molecule has 2 saturated heterocycles. The first-order valence-electron chi connectivity index (χ1n) is 13.8. The van der Waals surface area contributed by atoms with Crippen molar-refractivity contribution in [1.82, 2.24) is 9.80 Å². The summed E-state index contributed by atoms with van der Waals surface area (Å²) in [7, 11) is 4.18. The van der Waals surface area contributed by atoms with E-state index in [2.05, 4.69) is 33.7 Å². The minimum absolute atomic E-state index is 0.00240. The molecule has 0 aromatic heterocycles. The molecule has 0 radical (unpaired) electrons. The van der Waals surface area contributed by atoms with Gasteiger partial charge in [-0.15, -0.1) is 0 Å². The third kappa shape index (κ3) is 6.66. The first kappa shape index (κ1) is 28.7. The van der Waals surface area contributed by atoms with Crippen LogP contribution in [0.2, 0.25) is 0 Å². The molecule has 0 N–H and O–H groups in total. The van der Waals surface area contributed by atoms with Crippen LogP contribution >= 0.6 is 0 Å². The zero-order valence-electron chi connectivity index (χ0n) is 23.5. The van der Waals surface area contributed by atoms with Crippen molar-refractivity contribution in [3.05, 3.63) is 66.7 Å². The van der Waals surface area contributed by atoms with Crippen LogP contribution in [0.25, 0.3) is 0 Å². The van der Waals surface area contributed by atoms with Crippen LogP contribution in [0, 0.1) is 20.2 Å². The Labute approximate surface area is 230 Å². The third-order valence-electron chi connectivity index (χ3n) is 7.92. The highest BCUT2D eigenvalue weighted by Gasteiger charge is 2.25. The largest absolute Gasteiger partial charge is 0.372 e. The summed E-state index contributed by atoms with van der Waals surface area (Å²) < 4.78 is 5.99. The molecule has 2 aromatic rings. The fourth-order valence-electron chi connectivity index (χ4n) is 5.42. The first-order valence-corrected chi connectivity index (χ1v) is 13.8. The summed E-state index contributed by atoms with van der Waals surface area (Å²) in [5.41, 5.74) is 4.92. The normalized spacial score (nSPS) is 17.0. The second kappa shape index (κ2) is 12.7. The van der Waals surface area contributed by atoms with Gasteiger partial charge >= 0.3 is 0 Å². The van der Waals surface area contributed by atoms with Crippen molar-refractivity contribution in [2.45, 2.75) is 39.9 Å². The Morgan fingerprint density at radius 1 is 0.641 bits per heavy atom. The second-order valence-corrected chi connectivity index (χ2v) is 10.5. The molecule has 39 heavy (non-hydrogen) atoms. The summed E-state index contributed by atoms with van der Waals surface area (Å²) in [4.78, 5) is 32.3. The maximum atomic E-state index is 11.9. The molecular formula is C28H40N6O5. The molecule has 0 bridgehead atoms. The van der Waals surface area contributed by atoms with E-state index < -0.39 is 0 Å². The summed E-state index contributed by atoms with van der Waals surface area (Å²) >= 11 is 0. The van der Waals surface area contributed by atoms with Crippen LogP contribution in [-0.2, 0) is 30.8 Å². The lowest BCUT2D eigenvalue weighted by molar-refractivity contribution is -0.386. The number of benzene rings is 2. The number of hydrogen-bond acceptors (Lipinski definition) is 9. The molecular weight excluding hydrogens is 500 g/mol. The Morgan fingerprint density at radius 3 is 1.31 bits per heavy atom. The first-order chi connectivity index (χ1) is 18.7. The number of anilines is 2. The van der Waals surface area contributed by atoms with Crippen molar-refractivity contribution >= 4 is 22.7 Å². The smallest absolute Gasteiger partial charge is 0.275 e. The van der Waals surface area contributed by atoms with Crippen molar-refractivity contribution in [3.8, 4) is 0 Å². The molecule has 0 spiro atoms. The van der Waals surface area contributed by atoms with Crippen molar-refractivity contribution in [1.29, 1.82) is 0 Å². The van der Waals surface area contributed by atoms with E-state index in [9.17, 15) is 20.2 Å². The zero-order valence-corrected chi connectivity index (χ0v) is 23.5. The fraction of sp³-hybridized carbons (Fsp3) is 0.571. The van der Waals surface area contributed by atoms with Gasteiger partial charge in [-0.2, -0.15) is 0 Å². The van der Waals surface area contributed by atoms with E-state index in [0.29, 0.717) is 24.0 Å². The number of ether oxygens (including phenoxy) is 1. The molecule has 0 aliphatic carbocycles. The number of piperazine rings is 2. The van der Waals surface area contributed by atoms with Gasteiger partial charge in [0.05, 0.1) is 34.2 Å². The van der Waals surface area contributed by atoms with Gasteiger partial charge in [-0.05, 0) is 50.2 Å². The van der Waals surface area contributed by atoms with Crippen LogP contribution < -0.4 is 9.80 Å². The van der Waals surface area contributed by atoms with Gasteiger partial charge in [0.2, 0.25) is 0 Å². The molecule has 0 unspecified atom stereocenters. The van der Waals surface area contributed by atoms with E-state index in [1.807, 2.05) is 26.0 Å². The number of likely N-dealkylation sites (N-methyl/N-ethyl adjacent to an activating group) is 2. The van der Waals surface area contributed by atoms with Gasteiger partial charge < -0.3 is 24.3 Å². The average Bonchev–Trinajstić information content (AvgIpc) is 2.93. The maximum Gasteiger partial charge on any atom is 0.275 e. The van der Waals surface area contributed by atoms with Crippen LogP contribution in [0.15, 0.2) is 24.3 Å². The Morgan fingerprint density at radius 2 is 1.00 bits per heavy atom. The summed E-state index contributed by atoms with van der Waals surface area (Å²) in [5.74, 6) is 0. The van der Waals surface area contributed by atoms with Crippen LogP contribution in [0.5, 0.6) is 0 Å². The average molecular weight is 541 g/mol. The van der Waals surface area contributed by atoms with Gasteiger partial charge in [-0.3, -0.25) is 20.2 Å². The minimum atomic E-state index is -0.365. The number of hydrogen-bond donors (Lipinski definition) is 0. The van der Waals surface area contributed by atoms with Gasteiger partial charge in [-0.25, -0.2) is 0 Å². The van der Waals surface area contributed by atoms with Crippen LogP contribution in [0.4, 0.5) is 22.7 Å². The van der Waals surface area contributed by atoms with Gasteiger partial charge in [0.15, 0.2) is 0 Å². The molecule has 0 amide bonds. The number of rotatable bonds is 10. The quantitative estimate of drug-likeness (QED) is 0.328. The second-order valence-electron chi connectivity index (χ2n) is 10.5. The van der Waals surface area contributed by atoms with Crippen LogP contribution in [0.3, 0.4) is 0 Å². The molecule has 0 atom stereocenters. The molecule has 11 heteroatoms. The highest BCUT2D eigenvalue weighted by Crippen LogP contribution is 2.34. The SMILES string of the molecule is CCc1cc([N+](=O)[O-])c(COCc2cc(N3CCN(C)CC3)c(CC)cc2[N+](=O)[O-])cc1N1CCN(C)CC1. The van der Waals surface area contributed by atoms with Gasteiger partial charge in [0.25, 0.3) is 11.4 Å². The molecule has 2 aromatic carbocycles. The lowest BCUT2D eigenvalue weighted by atomic mass is 10.0. The summed E-state index contributed by atoms with van der Waals surface area (Å²) in [6.07, 6.45) is 1.38. The lowest BCUT2D eigenvalue weighted by Gasteiger charge is -2.35. The predicted octanol–water partition coefficient (Wildman–Crippen LogP) is 3.85. The van der Waals surface area contributed by atoms with E-state index >= 15 is 0 Å². The van der Waals surface area contributed by atoms with E-state index in [1.54, 1.807) is 12.1 Å². The van der Waals surface area contributed by atoms with E-state index in [4.69, 9.17) is 4.74 Å². The highest BCUT2D eigenvalue weighted by atomic mass is 16.6. The van der Waals surface area contributed by atoms with Gasteiger partial charge in [0.1, 0.15) is 0 Å². The Kier molecular flexibility index (Phi) is 9.36. The van der Waals surface area contributed by atoms with E-state index in [0.717, 1.165) is 74.9 Å². The summed E-state index contributed by atoms with van der Waals surface area (Å²) in [5, 5.41) is 23.9. The molecule has 0 saturated carbocycles. The number of nitro benzene ring substituents is 2. The summed E-state index contributed by atoms with van der Waals surface area (Å²) in [6.45, 7) is 11.1. The Hall–Kier alpha value is -3.28. The topological polar surface area (TPSA) is 108 Å². The van der Waals surface area contributed by atoms with Crippen molar-refractivity contribution in [2.24, 2.45) is 0 Å². The maximum absolute atomic E-state index is 11.9.